The maximum Gasteiger partial charge on any atom is 0.247 e. The molecular weight excluding hydrogens is 414 g/mol. The minimum Gasteiger partial charge on any atom is -0.497 e. The molecule has 2 aromatic rings. The normalized spacial score (nSPS) is 26.1. The number of hydrogen-bond acceptors (Lipinski definition) is 6. The van der Waals surface area contributed by atoms with E-state index in [-0.39, 0.29) is 0 Å². The molecular formula is C27H39N3O3. The average Bonchev–Trinajstić information content (AvgIpc) is 3.45. The molecule has 0 N–H and O–H groups in total. The molecule has 6 nitrogen and oxygen atoms in total. The summed E-state index contributed by atoms with van der Waals surface area (Å²) in [6.45, 7) is 10.2. The van der Waals surface area contributed by atoms with Crippen molar-refractivity contribution in [3.8, 4) is 17.2 Å². The van der Waals surface area contributed by atoms with Crippen LogP contribution in [0.4, 0.5) is 0 Å². The Morgan fingerprint density at radius 2 is 1.94 bits per heavy atom. The Hall–Kier alpha value is -2.18. The molecule has 4 rings (SSSR count). The molecule has 180 valence electrons. The lowest BCUT2D eigenvalue weighted by Gasteiger charge is -2.39. The van der Waals surface area contributed by atoms with Gasteiger partial charge in [0.2, 0.25) is 11.8 Å². The lowest BCUT2D eigenvalue weighted by atomic mass is 9.69. The van der Waals surface area contributed by atoms with Crippen molar-refractivity contribution in [2.45, 2.75) is 52.5 Å². The van der Waals surface area contributed by atoms with E-state index in [0.29, 0.717) is 35.6 Å². The molecule has 4 atom stereocenters. The molecule has 2 aliphatic rings. The topological polar surface area (TPSA) is 60.6 Å². The first-order valence-electron chi connectivity index (χ1n) is 12.4. The second-order valence-electron chi connectivity index (χ2n) is 10.1. The van der Waals surface area contributed by atoms with Gasteiger partial charge >= 0.3 is 0 Å². The molecule has 1 aromatic heterocycles. The Balaban J connectivity index is 1.44. The molecule has 33 heavy (non-hydrogen) atoms. The molecule has 1 aliphatic carbocycles. The molecule has 0 bridgehead atoms. The zero-order valence-electron chi connectivity index (χ0n) is 20.8. The fourth-order valence-corrected chi connectivity index (χ4v) is 5.67. The van der Waals surface area contributed by atoms with Crippen LogP contribution in [0.2, 0.25) is 0 Å². The van der Waals surface area contributed by atoms with Gasteiger partial charge in [0.1, 0.15) is 5.75 Å². The Kier molecular flexibility index (Phi) is 7.86. The summed E-state index contributed by atoms with van der Waals surface area (Å²) < 4.78 is 16.8. The zero-order valence-corrected chi connectivity index (χ0v) is 20.8. The van der Waals surface area contributed by atoms with Crippen LogP contribution in [0.1, 0.15) is 45.9 Å². The number of methoxy groups -OCH3 is 2. The highest BCUT2D eigenvalue weighted by molar-refractivity contribution is 5.53. The minimum atomic E-state index is 0.450. The lowest BCUT2D eigenvalue weighted by molar-refractivity contribution is 0.0928. The SMILES string of the molecule is COC[C@H]1CCCN1C[C@@H]1C=C(C)[C@H](Cc2nnc(-c3ccc(OC)cc3)o2)C[C@H]1C(C)C. The molecule has 0 saturated carbocycles. The van der Waals surface area contributed by atoms with Crippen molar-refractivity contribution < 1.29 is 13.9 Å². The summed E-state index contributed by atoms with van der Waals surface area (Å²) in [7, 11) is 3.48. The van der Waals surface area contributed by atoms with Gasteiger partial charge in [-0.05, 0) is 80.7 Å². The van der Waals surface area contributed by atoms with Gasteiger partial charge in [-0.2, -0.15) is 0 Å². The van der Waals surface area contributed by atoms with Gasteiger partial charge in [-0.15, -0.1) is 10.2 Å². The highest BCUT2D eigenvalue weighted by Crippen LogP contribution is 2.40. The molecule has 0 spiro atoms. The predicted molar refractivity (Wildman–Crippen MR) is 130 cm³/mol. The van der Waals surface area contributed by atoms with E-state index < -0.39 is 0 Å². The van der Waals surface area contributed by atoms with Crippen molar-refractivity contribution in [3.63, 3.8) is 0 Å². The standard InChI is InChI=1S/C27H39N3O3/c1-18(2)25-14-21(19(3)13-22(25)16-30-12-6-7-23(30)17-31-4)15-26-28-29-27(33-26)20-8-10-24(32-5)11-9-20/h8-11,13,18,21-23,25H,6-7,12,14-17H2,1-5H3/t21-,22-,23+,25-/m0/s1. The smallest absolute Gasteiger partial charge is 0.247 e. The number of aromatic nitrogens is 2. The quantitative estimate of drug-likeness (QED) is 0.483. The van der Waals surface area contributed by atoms with Crippen LogP contribution in [-0.4, -0.2) is 55.1 Å². The predicted octanol–water partition coefficient (Wildman–Crippen LogP) is 5.25. The summed E-state index contributed by atoms with van der Waals surface area (Å²) in [4.78, 5) is 2.66. The summed E-state index contributed by atoms with van der Waals surface area (Å²) in [6, 6.07) is 8.31. The highest BCUT2D eigenvalue weighted by atomic mass is 16.5. The Labute approximate surface area is 198 Å². The number of ether oxygens (including phenoxy) is 2. The number of allylic oxidation sites excluding steroid dienone is 1. The van der Waals surface area contributed by atoms with Crippen molar-refractivity contribution in [2.75, 3.05) is 33.9 Å². The second-order valence-corrected chi connectivity index (χ2v) is 10.1. The van der Waals surface area contributed by atoms with Gasteiger partial charge in [-0.1, -0.05) is 25.5 Å². The van der Waals surface area contributed by atoms with Crippen LogP contribution in [0.3, 0.4) is 0 Å². The third kappa shape index (κ3) is 5.67. The summed E-state index contributed by atoms with van der Waals surface area (Å²) in [6.07, 6.45) is 7.06. The van der Waals surface area contributed by atoms with E-state index in [1.807, 2.05) is 31.4 Å². The van der Waals surface area contributed by atoms with Gasteiger partial charge in [-0.3, -0.25) is 4.90 Å². The highest BCUT2D eigenvalue weighted by Gasteiger charge is 2.35. The average molecular weight is 454 g/mol. The maximum atomic E-state index is 6.05. The van der Waals surface area contributed by atoms with Gasteiger partial charge in [0.05, 0.1) is 13.7 Å². The zero-order chi connectivity index (χ0) is 23.4. The first-order chi connectivity index (χ1) is 16.0. The maximum absolute atomic E-state index is 6.05. The number of benzene rings is 1. The van der Waals surface area contributed by atoms with Gasteiger partial charge in [-0.25, -0.2) is 0 Å². The summed E-state index contributed by atoms with van der Waals surface area (Å²) >= 11 is 0. The van der Waals surface area contributed by atoms with E-state index in [0.717, 1.165) is 36.8 Å². The lowest BCUT2D eigenvalue weighted by Crippen LogP contribution is -2.41. The van der Waals surface area contributed by atoms with Crippen LogP contribution in [0, 0.1) is 23.7 Å². The Morgan fingerprint density at radius 3 is 2.64 bits per heavy atom. The molecule has 1 aromatic carbocycles. The molecule has 0 unspecified atom stereocenters. The first kappa shape index (κ1) is 24.0. The second kappa shape index (κ2) is 10.8. The number of nitrogens with zero attached hydrogens (tertiary/aromatic N) is 3. The van der Waals surface area contributed by atoms with E-state index >= 15 is 0 Å². The molecule has 1 saturated heterocycles. The Morgan fingerprint density at radius 1 is 1.15 bits per heavy atom. The van der Waals surface area contributed by atoms with Gasteiger partial charge in [0.15, 0.2) is 0 Å². The van der Waals surface area contributed by atoms with Crippen LogP contribution in [-0.2, 0) is 11.2 Å². The van der Waals surface area contributed by atoms with Crippen molar-refractivity contribution in [2.24, 2.45) is 23.7 Å². The summed E-state index contributed by atoms with van der Waals surface area (Å²) in [5.74, 6) is 4.45. The third-order valence-corrected chi connectivity index (χ3v) is 7.61. The fraction of sp³-hybridized carbons (Fsp3) is 0.630. The minimum absolute atomic E-state index is 0.450. The van der Waals surface area contributed by atoms with E-state index in [9.17, 15) is 0 Å². The third-order valence-electron chi connectivity index (χ3n) is 7.61. The van der Waals surface area contributed by atoms with Crippen LogP contribution in [0.5, 0.6) is 5.75 Å². The van der Waals surface area contributed by atoms with Crippen molar-refractivity contribution in [1.82, 2.24) is 15.1 Å². The van der Waals surface area contributed by atoms with Crippen molar-refractivity contribution in [1.29, 1.82) is 0 Å². The largest absolute Gasteiger partial charge is 0.497 e. The Bertz CT molecular complexity index is 921. The summed E-state index contributed by atoms with van der Waals surface area (Å²) in [5.41, 5.74) is 2.38. The van der Waals surface area contributed by atoms with E-state index in [1.54, 1.807) is 7.11 Å². The summed E-state index contributed by atoms with van der Waals surface area (Å²) in [5, 5.41) is 8.67. The van der Waals surface area contributed by atoms with Crippen molar-refractivity contribution >= 4 is 0 Å². The van der Waals surface area contributed by atoms with Crippen molar-refractivity contribution in [3.05, 3.63) is 41.8 Å². The van der Waals surface area contributed by atoms with Gasteiger partial charge < -0.3 is 13.9 Å². The van der Waals surface area contributed by atoms with Crippen LogP contribution in [0.25, 0.3) is 11.5 Å². The molecule has 0 amide bonds. The monoisotopic (exact) mass is 453 g/mol. The molecule has 1 aliphatic heterocycles. The molecule has 2 heterocycles. The molecule has 1 fully saturated rings. The first-order valence-corrected chi connectivity index (χ1v) is 12.4. The van der Waals surface area contributed by atoms with E-state index in [2.05, 4.69) is 41.9 Å². The molecule has 0 radical (unpaired) electrons. The van der Waals surface area contributed by atoms with Gasteiger partial charge in [0, 0.05) is 31.7 Å². The number of likely N-dealkylation sites (tertiary alicyclic amines) is 1. The van der Waals surface area contributed by atoms with E-state index in [4.69, 9.17) is 13.9 Å². The van der Waals surface area contributed by atoms with Crippen LogP contribution in [0.15, 0.2) is 40.3 Å². The number of hydrogen-bond donors (Lipinski definition) is 0. The molecule has 6 heteroatoms. The fourth-order valence-electron chi connectivity index (χ4n) is 5.67. The number of rotatable bonds is 9. The van der Waals surface area contributed by atoms with E-state index in [1.165, 1.54) is 31.4 Å². The van der Waals surface area contributed by atoms with Gasteiger partial charge in [0.25, 0.3) is 0 Å². The van der Waals surface area contributed by atoms with Crippen LogP contribution < -0.4 is 4.74 Å². The van der Waals surface area contributed by atoms with Crippen LogP contribution >= 0.6 is 0 Å².